The van der Waals surface area contributed by atoms with Gasteiger partial charge in [-0.1, -0.05) is 48.6 Å². The molecule has 20 heavy (non-hydrogen) atoms. The van der Waals surface area contributed by atoms with Crippen molar-refractivity contribution in [2.75, 3.05) is 0 Å². The maximum absolute atomic E-state index is 13.9. The fraction of sp³-hybridized carbons (Fsp3) is 0.222. The number of hydrogen-bond donors (Lipinski definition) is 0. The number of rotatable bonds is 2. The number of benzene rings is 2. The average molecular weight is 270 g/mol. The van der Waals surface area contributed by atoms with Gasteiger partial charge in [0.1, 0.15) is 0 Å². The lowest BCUT2D eigenvalue weighted by Crippen LogP contribution is -2.11. The lowest BCUT2D eigenvalue weighted by atomic mass is 9.76. The first-order chi connectivity index (χ1) is 9.56. The topological polar surface area (TPSA) is 0 Å². The van der Waals surface area contributed by atoms with Gasteiger partial charge in [0.05, 0.1) is 0 Å². The van der Waals surface area contributed by atoms with Crippen LogP contribution < -0.4 is 0 Å². The van der Waals surface area contributed by atoms with E-state index in [4.69, 9.17) is 0 Å². The minimum Gasteiger partial charge on any atom is -0.203 e. The molecule has 0 N–H and O–H groups in total. The van der Waals surface area contributed by atoms with E-state index in [1.807, 2.05) is 24.3 Å². The van der Waals surface area contributed by atoms with Gasteiger partial charge in [0.2, 0.25) is 0 Å². The molecule has 1 saturated carbocycles. The second kappa shape index (κ2) is 4.86. The van der Waals surface area contributed by atoms with Gasteiger partial charge >= 0.3 is 0 Å². The molecular weight excluding hydrogens is 254 g/mol. The van der Waals surface area contributed by atoms with Crippen LogP contribution in [0.15, 0.2) is 48.6 Å². The molecular formula is C18H16F2. The molecule has 2 heteroatoms. The molecule has 0 radical (unpaired) electrons. The van der Waals surface area contributed by atoms with Gasteiger partial charge in [0.15, 0.2) is 11.6 Å². The predicted molar refractivity (Wildman–Crippen MR) is 77.6 cm³/mol. The highest BCUT2D eigenvalue weighted by atomic mass is 19.2. The lowest BCUT2D eigenvalue weighted by molar-refractivity contribution is 0.505. The normalized spacial score (nSPS) is 15.2. The minimum absolute atomic E-state index is 0.317. The van der Waals surface area contributed by atoms with E-state index in [0.29, 0.717) is 22.6 Å². The third kappa shape index (κ3) is 2.15. The second-order valence-electron chi connectivity index (χ2n) is 5.54. The number of hydrogen-bond acceptors (Lipinski definition) is 0. The summed E-state index contributed by atoms with van der Waals surface area (Å²) < 4.78 is 27.6. The highest BCUT2D eigenvalue weighted by Gasteiger charge is 2.23. The molecule has 0 saturated heterocycles. The Bertz CT molecular complexity index is 661. The van der Waals surface area contributed by atoms with Gasteiger partial charge in [0, 0.05) is 5.56 Å². The fourth-order valence-electron chi connectivity index (χ4n) is 2.68. The maximum Gasteiger partial charge on any atom is 0.166 e. The molecule has 0 unspecified atom stereocenters. The van der Waals surface area contributed by atoms with E-state index in [1.54, 1.807) is 19.1 Å². The van der Waals surface area contributed by atoms with Crippen molar-refractivity contribution in [1.29, 1.82) is 0 Å². The SMILES string of the molecule is C=C1CC(c2ccc(-c3ccc(C)c(F)c3F)cc2)C1. The first-order valence-electron chi connectivity index (χ1n) is 6.78. The van der Waals surface area contributed by atoms with Crippen molar-refractivity contribution in [2.45, 2.75) is 25.7 Å². The summed E-state index contributed by atoms with van der Waals surface area (Å²) in [6.45, 7) is 5.50. The third-order valence-electron chi connectivity index (χ3n) is 4.04. The molecule has 2 aromatic carbocycles. The van der Waals surface area contributed by atoms with Gasteiger partial charge in [0.25, 0.3) is 0 Å². The minimum atomic E-state index is -0.769. The van der Waals surface area contributed by atoms with E-state index in [2.05, 4.69) is 6.58 Å². The number of halogens is 2. The van der Waals surface area contributed by atoms with E-state index in [1.165, 1.54) is 11.1 Å². The fourth-order valence-corrected chi connectivity index (χ4v) is 2.68. The Morgan fingerprint density at radius 2 is 1.60 bits per heavy atom. The van der Waals surface area contributed by atoms with Crippen molar-refractivity contribution in [2.24, 2.45) is 0 Å². The Morgan fingerprint density at radius 3 is 2.20 bits per heavy atom. The molecule has 1 aliphatic carbocycles. The maximum atomic E-state index is 13.9. The van der Waals surface area contributed by atoms with Crippen molar-refractivity contribution in [1.82, 2.24) is 0 Å². The molecule has 0 atom stereocenters. The zero-order valence-electron chi connectivity index (χ0n) is 11.4. The summed E-state index contributed by atoms with van der Waals surface area (Å²) in [5.41, 5.74) is 3.89. The van der Waals surface area contributed by atoms with Crippen molar-refractivity contribution in [3.8, 4) is 11.1 Å². The summed E-state index contributed by atoms with van der Waals surface area (Å²) in [7, 11) is 0. The van der Waals surface area contributed by atoms with Gasteiger partial charge in [-0.05, 0) is 42.4 Å². The Labute approximate surface area is 117 Å². The predicted octanol–water partition coefficient (Wildman–Crippen LogP) is 5.37. The monoisotopic (exact) mass is 270 g/mol. The Morgan fingerprint density at radius 1 is 0.950 bits per heavy atom. The van der Waals surface area contributed by atoms with Gasteiger partial charge in [-0.15, -0.1) is 0 Å². The van der Waals surface area contributed by atoms with E-state index in [0.717, 1.165) is 12.8 Å². The van der Waals surface area contributed by atoms with Crippen LogP contribution in [-0.4, -0.2) is 0 Å². The molecule has 1 aliphatic rings. The van der Waals surface area contributed by atoms with Crippen LogP contribution in [0.2, 0.25) is 0 Å². The molecule has 0 spiro atoms. The summed E-state index contributed by atoms with van der Waals surface area (Å²) in [5, 5.41) is 0. The van der Waals surface area contributed by atoms with Crippen molar-refractivity contribution < 1.29 is 8.78 Å². The molecule has 0 nitrogen and oxygen atoms in total. The third-order valence-corrected chi connectivity index (χ3v) is 4.04. The van der Waals surface area contributed by atoms with Crippen molar-refractivity contribution in [3.05, 3.63) is 71.3 Å². The van der Waals surface area contributed by atoms with Gasteiger partial charge in [-0.25, -0.2) is 8.78 Å². The standard InChI is InChI=1S/C18H16F2/c1-11-9-15(10-11)13-4-6-14(7-5-13)16-8-3-12(2)17(19)18(16)20/h3-8,15H,1,9-10H2,2H3. The lowest BCUT2D eigenvalue weighted by Gasteiger charge is -2.28. The van der Waals surface area contributed by atoms with Crippen LogP contribution in [0.25, 0.3) is 11.1 Å². The van der Waals surface area contributed by atoms with Crippen LogP contribution in [0.5, 0.6) is 0 Å². The van der Waals surface area contributed by atoms with Crippen LogP contribution in [-0.2, 0) is 0 Å². The van der Waals surface area contributed by atoms with Crippen LogP contribution in [0.1, 0.15) is 29.9 Å². The molecule has 0 bridgehead atoms. The zero-order chi connectivity index (χ0) is 14.3. The first kappa shape index (κ1) is 13.0. The molecule has 3 rings (SSSR count). The molecule has 0 amide bonds. The molecule has 0 aromatic heterocycles. The molecule has 1 fully saturated rings. The van der Waals surface area contributed by atoms with E-state index < -0.39 is 11.6 Å². The van der Waals surface area contributed by atoms with E-state index in [-0.39, 0.29) is 0 Å². The highest BCUT2D eigenvalue weighted by molar-refractivity contribution is 5.65. The molecule has 102 valence electrons. The van der Waals surface area contributed by atoms with Crippen LogP contribution >= 0.6 is 0 Å². The Kier molecular flexibility index (Phi) is 3.17. The number of aryl methyl sites for hydroxylation is 1. The van der Waals surface area contributed by atoms with Crippen LogP contribution in [0, 0.1) is 18.6 Å². The Hall–Kier alpha value is -1.96. The highest BCUT2D eigenvalue weighted by Crippen LogP contribution is 2.40. The van der Waals surface area contributed by atoms with Gasteiger partial charge in [-0.2, -0.15) is 0 Å². The first-order valence-corrected chi connectivity index (χ1v) is 6.78. The van der Waals surface area contributed by atoms with Gasteiger partial charge in [-0.3, -0.25) is 0 Å². The summed E-state index contributed by atoms with van der Waals surface area (Å²) in [4.78, 5) is 0. The smallest absolute Gasteiger partial charge is 0.166 e. The molecule has 2 aromatic rings. The summed E-state index contributed by atoms with van der Waals surface area (Å²) in [5.74, 6) is -0.993. The zero-order valence-corrected chi connectivity index (χ0v) is 11.4. The van der Waals surface area contributed by atoms with E-state index >= 15 is 0 Å². The van der Waals surface area contributed by atoms with Crippen molar-refractivity contribution >= 4 is 0 Å². The number of allylic oxidation sites excluding steroid dienone is 1. The summed E-state index contributed by atoms with van der Waals surface area (Å²) in [6.07, 6.45) is 2.07. The quantitative estimate of drug-likeness (QED) is 0.643. The largest absolute Gasteiger partial charge is 0.203 e. The second-order valence-corrected chi connectivity index (χ2v) is 5.54. The molecule has 0 heterocycles. The molecule has 0 aliphatic heterocycles. The Balaban J connectivity index is 1.91. The summed E-state index contributed by atoms with van der Waals surface area (Å²) >= 11 is 0. The van der Waals surface area contributed by atoms with E-state index in [9.17, 15) is 8.78 Å². The van der Waals surface area contributed by atoms with Crippen LogP contribution in [0.4, 0.5) is 8.78 Å². The van der Waals surface area contributed by atoms with Crippen LogP contribution in [0.3, 0.4) is 0 Å². The summed E-state index contributed by atoms with van der Waals surface area (Å²) in [6, 6.07) is 11.0. The van der Waals surface area contributed by atoms with Crippen molar-refractivity contribution in [3.63, 3.8) is 0 Å². The van der Waals surface area contributed by atoms with Gasteiger partial charge < -0.3 is 0 Å². The average Bonchev–Trinajstić information content (AvgIpc) is 2.42.